The van der Waals surface area contributed by atoms with Gasteiger partial charge >= 0.3 is 5.97 Å². The molecule has 5 nitrogen and oxygen atoms in total. The number of amides is 2. The van der Waals surface area contributed by atoms with Crippen LogP contribution in [0.3, 0.4) is 0 Å². The van der Waals surface area contributed by atoms with E-state index in [9.17, 15) is 14.4 Å². The van der Waals surface area contributed by atoms with Gasteiger partial charge in [-0.25, -0.2) is 4.79 Å². The minimum Gasteiger partial charge on any atom is -0.458 e. The number of rotatable bonds is 2. The van der Waals surface area contributed by atoms with Gasteiger partial charge in [-0.1, -0.05) is 46.4 Å². The SMILES string of the molecule is CC(C(=O)OC(C)(C)C)N1C(=O)c2c(Cl)c(Cl)c(Cl)c(Cl)c2C1=O. The van der Waals surface area contributed by atoms with Gasteiger partial charge in [0.25, 0.3) is 11.8 Å². The summed E-state index contributed by atoms with van der Waals surface area (Å²) in [6, 6.07) is -1.17. The number of nitrogens with zero attached hydrogens (tertiary/aromatic N) is 1. The molecule has 24 heavy (non-hydrogen) atoms. The van der Waals surface area contributed by atoms with Gasteiger partial charge in [-0.05, 0) is 27.7 Å². The molecule has 0 saturated carbocycles. The molecule has 1 unspecified atom stereocenters. The first-order chi connectivity index (χ1) is 10.9. The molecule has 0 radical (unpaired) electrons. The van der Waals surface area contributed by atoms with E-state index in [0.717, 1.165) is 4.90 Å². The number of esters is 1. The molecule has 0 N–H and O–H groups in total. The highest BCUT2D eigenvalue weighted by molar-refractivity contribution is 6.55. The summed E-state index contributed by atoms with van der Waals surface area (Å²) in [7, 11) is 0. The average molecular weight is 413 g/mol. The molecular weight excluding hydrogens is 400 g/mol. The molecule has 1 aliphatic heterocycles. The van der Waals surface area contributed by atoms with E-state index < -0.39 is 29.4 Å². The number of carbonyl (C=O) groups is 3. The van der Waals surface area contributed by atoms with Gasteiger partial charge in [-0.3, -0.25) is 14.5 Å². The van der Waals surface area contributed by atoms with Crippen LogP contribution in [0.1, 0.15) is 48.4 Å². The van der Waals surface area contributed by atoms with Crippen molar-refractivity contribution in [2.75, 3.05) is 0 Å². The molecule has 0 bridgehead atoms. The van der Waals surface area contributed by atoms with Gasteiger partial charge in [-0.2, -0.15) is 0 Å². The fourth-order valence-electron chi connectivity index (χ4n) is 2.21. The van der Waals surface area contributed by atoms with E-state index in [1.54, 1.807) is 20.8 Å². The third-order valence-electron chi connectivity index (χ3n) is 3.27. The van der Waals surface area contributed by atoms with Gasteiger partial charge in [0.15, 0.2) is 0 Å². The maximum absolute atomic E-state index is 12.6. The largest absolute Gasteiger partial charge is 0.458 e. The summed E-state index contributed by atoms with van der Waals surface area (Å²) >= 11 is 24.0. The molecule has 2 rings (SSSR count). The average Bonchev–Trinajstić information content (AvgIpc) is 2.71. The highest BCUT2D eigenvalue weighted by Crippen LogP contribution is 2.45. The van der Waals surface area contributed by atoms with Crippen LogP contribution in [-0.4, -0.2) is 34.3 Å². The Morgan fingerprint density at radius 2 is 1.29 bits per heavy atom. The summed E-state index contributed by atoms with van der Waals surface area (Å²) in [4.78, 5) is 38.2. The number of hydrogen-bond acceptors (Lipinski definition) is 4. The fraction of sp³-hybridized carbons (Fsp3) is 0.400. The third-order valence-corrected chi connectivity index (χ3v) is 5.07. The lowest BCUT2D eigenvalue weighted by Crippen LogP contribution is -2.45. The zero-order valence-electron chi connectivity index (χ0n) is 13.2. The second kappa shape index (κ2) is 6.37. The van der Waals surface area contributed by atoms with E-state index >= 15 is 0 Å². The Labute approximate surface area is 158 Å². The highest BCUT2D eigenvalue weighted by atomic mass is 35.5. The first kappa shape index (κ1) is 19.3. The van der Waals surface area contributed by atoms with Crippen molar-refractivity contribution in [1.82, 2.24) is 4.90 Å². The van der Waals surface area contributed by atoms with Crippen LogP contribution in [0.5, 0.6) is 0 Å². The van der Waals surface area contributed by atoms with Crippen LogP contribution >= 0.6 is 46.4 Å². The summed E-state index contributed by atoms with van der Waals surface area (Å²) in [6.45, 7) is 6.40. The number of ether oxygens (including phenoxy) is 1. The molecule has 0 aromatic heterocycles. The second-order valence-electron chi connectivity index (χ2n) is 6.20. The van der Waals surface area contributed by atoms with Gasteiger partial charge in [0.05, 0.1) is 31.2 Å². The van der Waals surface area contributed by atoms with Gasteiger partial charge < -0.3 is 4.74 Å². The zero-order valence-corrected chi connectivity index (χ0v) is 16.2. The van der Waals surface area contributed by atoms with Gasteiger partial charge in [0, 0.05) is 0 Å². The molecule has 9 heteroatoms. The van der Waals surface area contributed by atoms with Crippen molar-refractivity contribution in [2.45, 2.75) is 39.3 Å². The molecular formula is C15H13Cl4NO4. The van der Waals surface area contributed by atoms with Gasteiger partial charge in [-0.15, -0.1) is 0 Å². The van der Waals surface area contributed by atoms with E-state index in [1.165, 1.54) is 6.92 Å². The van der Waals surface area contributed by atoms with Crippen LogP contribution in [0.2, 0.25) is 20.1 Å². The summed E-state index contributed by atoms with van der Waals surface area (Å²) < 4.78 is 5.21. The number of fused-ring (bicyclic) bond motifs is 1. The van der Waals surface area contributed by atoms with E-state index in [0.29, 0.717) is 0 Å². The first-order valence-corrected chi connectivity index (χ1v) is 8.36. The Morgan fingerprint density at radius 1 is 0.917 bits per heavy atom. The second-order valence-corrected chi connectivity index (χ2v) is 7.71. The van der Waals surface area contributed by atoms with E-state index in [-0.39, 0.29) is 31.2 Å². The Morgan fingerprint density at radius 3 is 1.62 bits per heavy atom. The predicted octanol–water partition coefficient (Wildman–Crippen LogP) is 4.63. The van der Waals surface area contributed by atoms with Crippen LogP contribution < -0.4 is 0 Å². The maximum atomic E-state index is 12.6. The standard InChI is InChI=1S/C15H13Cl4NO4/c1-5(14(23)24-15(2,3)4)20-12(21)6-7(13(20)22)9(17)11(19)10(18)8(6)16/h5H,1-4H3. The van der Waals surface area contributed by atoms with Crippen molar-refractivity contribution in [3.63, 3.8) is 0 Å². The number of hydrogen-bond donors (Lipinski definition) is 0. The molecule has 0 fully saturated rings. The molecule has 130 valence electrons. The number of benzene rings is 1. The molecule has 0 saturated heterocycles. The maximum Gasteiger partial charge on any atom is 0.329 e. The van der Waals surface area contributed by atoms with Crippen LogP contribution in [0.15, 0.2) is 0 Å². The van der Waals surface area contributed by atoms with E-state index in [1.807, 2.05) is 0 Å². The molecule has 1 heterocycles. The van der Waals surface area contributed by atoms with Crippen molar-refractivity contribution >= 4 is 64.2 Å². The lowest BCUT2D eigenvalue weighted by molar-refractivity contribution is -0.159. The number of carbonyl (C=O) groups excluding carboxylic acids is 3. The van der Waals surface area contributed by atoms with E-state index in [4.69, 9.17) is 51.1 Å². The monoisotopic (exact) mass is 411 g/mol. The molecule has 1 aromatic rings. The Kier molecular flexibility index (Phi) is 5.13. The Balaban J connectivity index is 2.50. The third kappa shape index (κ3) is 3.10. The fourth-order valence-corrected chi connectivity index (χ4v) is 3.23. The quantitative estimate of drug-likeness (QED) is 0.307. The lowest BCUT2D eigenvalue weighted by atomic mass is 10.1. The van der Waals surface area contributed by atoms with E-state index in [2.05, 4.69) is 0 Å². The first-order valence-electron chi connectivity index (χ1n) is 6.85. The van der Waals surface area contributed by atoms with Crippen molar-refractivity contribution < 1.29 is 19.1 Å². The van der Waals surface area contributed by atoms with Gasteiger partial charge in [0.2, 0.25) is 0 Å². The number of halogens is 4. The number of imide groups is 1. The van der Waals surface area contributed by atoms with Crippen LogP contribution in [0, 0.1) is 0 Å². The van der Waals surface area contributed by atoms with Gasteiger partial charge in [0.1, 0.15) is 11.6 Å². The summed E-state index contributed by atoms with van der Waals surface area (Å²) in [5.74, 6) is -2.29. The zero-order chi connectivity index (χ0) is 18.6. The lowest BCUT2D eigenvalue weighted by Gasteiger charge is -2.26. The molecule has 1 atom stereocenters. The summed E-state index contributed by atoms with van der Waals surface area (Å²) in [6.07, 6.45) is 0. The topological polar surface area (TPSA) is 63.7 Å². The molecule has 1 aliphatic rings. The van der Waals surface area contributed by atoms with Crippen LogP contribution in [0.4, 0.5) is 0 Å². The van der Waals surface area contributed by atoms with Crippen molar-refractivity contribution in [2.24, 2.45) is 0 Å². The molecule has 1 aromatic carbocycles. The summed E-state index contributed by atoms with van der Waals surface area (Å²) in [5.41, 5.74) is -1.11. The normalized spacial score (nSPS) is 15.6. The Bertz CT molecular complexity index is 723. The van der Waals surface area contributed by atoms with Crippen molar-refractivity contribution in [1.29, 1.82) is 0 Å². The summed E-state index contributed by atoms with van der Waals surface area (Å²) in [5, 5.41) is -0.624. The molecule has 0 aliphatic carbocycles. The van der Waals surface area contributed by atoms with Crippen molar-refractivity contribution in [3.8, 4) is 0 Å². The van der Waals surface area contributed by atoms with Crippen LogP contribution in [-0.2, 0) is 9.53 Å². The predicted molar refractivity (Wildman–Crippen MR) is 92.3 cm³/mol. The minimum atomic E-state index is -1.17. The highest BCUT2D eigenvalue weighted by Gasteiger charge is 2.46. The molecule has 0 spiro atoms. The minimum absolute atomic E-state index is 0.130. The molecule has 2 amide bonds. The Hall–Kier alpha value is -1.01. The van der Waals surface area contributed by atoms with Crippen molar-refractivity contribution in [3.05, 3.63) is 31.2 Å². The van der Waals surface area contributed by atoms with Crippen LogP contribution in [0.25, 0.3) is 0 Å². The smallest absolute Gasteiger partial charge is 0.329 e.